The van der Waals surface area contributed by atoms with Crippen LogP contribution in [-0.2, 0) is 17.9 Å². The van der Waals surface area contributed by atoms with Gasteiger partial charge in [-0.05, 0) is 30.7 Å². The van der Waals surface area contributed by atoms with Gasteiger partial charge in [-0.25, -0.2) is 0 Å². The fraction of sp³-hybridized carbons (Fsp3) is 0.333. The molecule has 6 heteroatoms. The van der Waals surface area contributed by atoms with Gasteiger partial charge in [0.15, 0.2) is 6.61 Å². The van der Waals surface area contributed by atoms with Gasteiger partial charge in [-0.15, -0.1) is 0 Å². The smallest absolute Gasteiger partial charge is 0.255 e. The number of primary amides is 1. The normalized spacial score (nSPS) is 10.3. The first-order valence-corrected chi connectivity index (χ1v) is 6.93. The minimum absolute atomic E-state index is 0.108. The number of rotatable bonds is 8. The summed E-state index contributed by atoms with van der Waals surface area (Å²) in [5, 5.41) is 7.59. The van der Waals surface area contributed by atoms with E-state index < -0.39 is 5.91 Å². The van der Waals surface area contributed by atoms with E-state index in [0.29, 0.717) is 12.3 Å². The van der Waals surface area contributed by atoms with Gasteiger partial charge in [-0.3, -0.25) is 9.48 Å². The van der Waals surface area contributed by atoms with E-state index in [1.807, 2.05) is 29.2 Å². The van der Waals surface area contributed by atoms with Crippen molar-refractivity contribution in [2.24, 2.45) is 5.73 Å². The number of hydrogen-bond donors (Lipinski definition) is 2. The van der Waals surface area contributed by atoms with Crippen molar-refractivity contribution < 1.29 is 9.53 Å². The molecule has 1 heterocycles. The summed E-state index contributed by atoms with van der Waals surface area (Å²) >= 11 is 0. The molecule has 0 saturated heterocycles. The van der Waals surface area contributed by atoms with Gasteiger partial charge in [-0.1, -0.05) is 6.92 Å². The number of ether oxygens (including phenoxy) is 1. The van der Waals surface area contributed by atoms with Gasteiger partial charge in [0, 0.05) is 30.5 Å². The van der Waals surface area contributed by atoms with E-state index in [2.05, 4.69) is 17.3 Å². The summed E-state index contributed by atoms with van der Waals surface area (Å²) in [6.45, 7) is 3.67. The number of nitrogens with two attached hydrogens (primary N) is 1. The lowest BCUT2D eigenvalue weighted by Gasteiger charge is -2.07. The maximum absolute atomic E-state index is 10.6. The molecule has 3 N–H and O–H groups in total. The van der Waals surface area contributed by atoms with Crippen LogP contribution < -0.4 is 15.8 Å². The topological polar surface area (TPSA) is 82.2 Å². The Morgan fingerprint density at radius 2 is 2.14 bits per heavy atom. The first-order chi connectivity index (χ1) is 10.2. The Bertz CT molecular complexity index is 578. The predicted molar refractivity (Wildman–Crippen MR) is 81.0 cm³/mol. The Kier molecular flexibility index (Phi) is 5.20. The van der Waals surface area contributed by atoms with Crippen LogP contribution in [0.5, 0.6) is 5.75 Å². The lowest BCUT2D eigenvalue weighted by molar-refractivity contribution is -0.119. The van der Waals surface area contributed by atoms with E-state index in [1.165, 1.54) is 0 Å². The van der Waals surface area contributed by atoms with E-state index in [4.69, 9.17) is 10.5 Å². The summed E-state index contributed by atoms with van der Waals surface area (Å²) < 4.78 is 7.14. The lowest BCUT2D eigenvalue weighted by Crippen LogP contribution is -2.19. The molecule has 1 aromatic heterocycles. The number of nitrogens with zero attached hydrogens (tertiary/aromatic N) is 2. The van der Waals surface area contributed by atoms with Crippen LogP contribution in [0.2, 0.25) is 0 Å². The summed E-state index contributed by atoms with van der Waals surface area (Å²) in [4.78, 5) is 10.6. The molecule has 6 nitrogen and oxygen atoms in total. The first kappa shape index (κ1) is 14.9. The zero-order valence-electron chi connectivity index (χ0n) is 12.1. The van der Waals surface area contributed by atoms with Crippen molar-refractivity contribution in [3.8, 4) is 5.75 Å². The fourth-order valence-corrected chi connectivity index (χ4v) is 1.88. The highest BCUT2D eigenvalue weighted by atomic mass is 16.5. The third-order valence-corrected chi connectivity index (χ3v) is 2.87. The van der Waals surface area contributed by atoms with Gasteiger partial charge in [0.1, 0.15) is 5.75 Å². The molecule has 1 amide bonds. The monoisotopic (exact) mass is 288 g/mol. The second kappa shape index (κ2) is 7.33. The van der Waals surface area contributed by atoms with Crippen LogP contribution in [0.15, 0.2) is 36.7 Å². The van der Waals surface area contributed by atoms with Gasteiger partial charge in [-0.2, -0.15) is 5.10 Å². The zero-order chi connectivity index (χ0) is 15.1. The number of nitrogens with one attached hydrogen (secondary N) is 1. The Morgan fingerprint density at radius 3 is 2.81 bits per heavy atom. The minimum atomic E-state index is -0.485. The van der Waals surface area contributed by atoms with Crippen molar-refractivity contribution in [1.82, 2.24) is 9.78 Å². The highest BCUT2D eigenvalue weighted by Crippen LogP contribution is 2.16. The fourth-order valence-electron chi connectivity index (χ4n) is 1.88. The summed E-state index contributed by atoms with van der Waals surface area (Å²) in [6.07, 6.45) is 4.98. The molecule has 0 bridgehead atoms. The summed E-state index contributed by atoms with van der Waals surface area (Å²) in [6, 6.07) is 7.39. The predicted octanol–water partition coefficient (Wildman–Crippen LogP) is 1.77. The quantitative estimate of drug-likeness (QED) is 0.775. The number of hydrogen-bond acceptors (Lipinski definition) is 4. The van der Waals surface area contributed by atoms with Crippen LogP contribution in [0.25, 0.3) is 0 Å². The molecule has 0 aliphatic rings. The van der Waals surface area contributed by atoms with Crippen molar-refractivity contribution in [2.75, 3.05) is 11.9 Å². The lowest BCUT2D eigenvalue weighted by atomic mass is 10.3. The Hall–Kier alpha value is -2.50. The number of amides is 1. The maximum Gasteiger partial charge on any atom is 0.255 e. The second-order valence-electron chi connectivity index (χ2n) is 4.74. The number of aromatic nitrogens is 2. The van der Waals surface area contributed by atoms with Crippen LogP contribution >= 0.6 is 0 Å². The van der Waals surface area contributed by atoms with Gasteiger partial charge in [0.05, 0.1) is 6.20 Å². The average molecular weight is 288 g/mol. The highest BCUT2D eigenvalue weighted by molar-refractivity contribution is 5.75. The molecular formula is C15H20N4O2. The van der Waals surface area contributed by atoms with Crippen LogP contribution in [0, 0.1) is 0 Å². The number of anilines is 1. The Labute approximate surface area is 123 Å². The van der Waals surface area contributed by atoms with Gasteiger partial charge < -0.3 is 15.8 Å². The third kappa shape index (κ3) is 4.83. The van der Waals surface area contributed by atoms with Gasteiger partial charge in [0.25, 0.3) is 5.91 Å². The molecule has 0 aliphatic heterocycles. The Morgan fingerprint density at radius 1 is 1.38 bits per heavy atom. The molecule has 2 rings (SSSR count). The van der Waals surface area contributed by atoms with Crippen LogP contribution in [0.4, 0.5) is 5.69 Å². The van der Waals surface area contributed by atoms with Crippen LogP contribution in [-0.4, -0.2) is 22.3 Å². The van der Waals surface area contributed by atoms with E-state index in [-0.39, 0.29) is 6.61 Å². The van der Waals surface area contributed by atoms with Crippen LogP contribution in [0.3, 0.4) is 0 Å². The molecule has 112 valence electrons. The third-order valence-electron chi connectivity index (χ3n) is 2.87. The molecule has 0 saturated carbocycles. The molecule has 0 aliphatic carbocycles. The summed E-state index contributed by atoms with van der Waals surface area (Å²) in [5.41, 5.74) is 7.13. The summed E-state index contributed by atoms with van der Waals surface area (Å²) in [5.74, 6) is 0.136. The van der Waals surface area contributed by atoms with Crippen molar-refractivity contribution in [3.63, 3.8) is 0 Å². The SMILES string of the molecule is CCCn1cc(CNc2ccc(OCC(N)=O)cc2)cn1. The van der Waals surface area contributed by atoms with E-state index in [9.17, 15) is 4.79 Å². The largest absolute Gasteiger partial charge is 0.484 e. The van der Waals surface area contributed by atoms with E-state index >= 15 is 0 Å². The van der Waals surface area contributed by atoms with E-state index in [1.54, 1.807) is 12.1 Å². The molecule has 0 fully saturated rings. The minimum Gasteiger partial charge on any atom is -0.484 e. The average Bonchev–Trinajstić information content (AvgIpc) is 2.92. The standard InChI is InChI=1S/C15H20N4O2/c1-2-7-19-10-12(9-18-19)8-17-13-3-5-14(6-4-13)21-11-15(16)20/h3-6,9-10,17H,2,7-8,11H2,1H3,(H2,16,20). The summed E-state index contributed by atoms with van der Waals surface area (Å²) in [7, 11) is 0. The number of carbonyl (C=O) groups is 1. The van der Waals surface area contributed by atoms with Crippen LogP contribution in [0.1, 0.15) is 18.9 Å². The molecule has 0 spiro atoms. The molecule has 0 unspecified atom stereocenters. The second-order valence-corrected chi connectivity index (χ2v) is 4.74. The van der Waals surface area contributed by atoms with Gasteiger partial charge >= 0.3 is 0 Å². The van der Waals surface area contributed by atoms with Gasteiger partial charge in [0.2, 0.25) is 0 Å². The van der Waals surface area contributed by atoms with Crippen molar-refractivity contribution in [1.29, 1.82) is 0 Å². The molecule has 1 aromatic carbocycles. The van der Waals surface area contributed by atoms with Crippen molar-refractivity contribution in [3.05, 3.63) is 42.2 Å². The molecule has 0 radical (unpaired) electrons. The Balaban J connectivity index is 1.83. The first-order valence-electron chi connectivity index (χ1n) is 6.93. The number of benzene rings is 1. The molecular weight excluding hydrogens is 268 g/mol. The van der Waals surface area contributed by atoms with Crippen molar-refractivity contribution >= 4 is 11.6 Å². The highest BCUT2D eigenvalue weighted by Gasteiger charge is 2.00. The molecule has 0 atom stereocenters. The zero-order valence-corrected chi connectivity index (χ0v) is 12.1. The maximum atomic E-state index is 10.6. The van der Waals surface area contributed by atoms with E-state index in [0.717, 1.165) is 24.2 Å². The van der Waals surface area contributed by atoms with Crippen molar-refractivity contribution in [2.45, 2.75) is 26.4 Å². The molecule has 21 heavy (non-hydrogen) atoms. The number of carbonyl (C=O) groups excluding carboxylic acids is 1. The number of aryl methyl sites for hydroxylation is 1. The molecule has 2 aromatic rings.